The Balaban J connectivity index is 2.50. The molecule has 2 heteroatoms. The maximum atomic E-state index is 3.43. The minimum absolute atomic E-state index is 0.602. The molecule has 0 aliphatic carbocycles. The van der Waals surface area contributed by atoms with Gasteiger partial charge in [-0.1, -0.05) is 39.0 Å². The highest BCUT2D eigenvalue weighted by Crippen LogP contribution is 2.35. The molecule has 0 unspecified atom stereocenters. The summed E-state index contributed by atoms with van der Waals surface area (Å²) in [7, 11) is 0. The van der Waals surface area contributed by atoms with E-state index in [0.29, 0.717) is 5.92 Å². The Morgan fingerprint density at radius 2 is 2.00 bits per heavy atom. The Hall–Kier alpha value is -0.860. The van der Waals surface area contributed by atoms with Gasteiger partial charge in [0.2, 0.25) is 0 Å². The third kappa shape index (κ3) is 2.13. The number of hydrogen-bond donors (Lipinski definition) is 1. The molecule has 0 aliphatic heterocycles. The lowest BCUT2D eigenvalue weighted by Gasteiger charge is -2.08. The molecule has 2 rings (SSSR count). The molecule has 0 saturated heterocycles. The first-order valence-electron chi connectivity index (χ1n) is 5.95. The smallest absolute Gasteiger partial charge is 0.0349 e. The molecule has 2 aromatic rings. The van der Waals surface area contributed by atoms with E-state index in [-0.39, 0.29) is 0 Å². The summed E-state index contributed by atoms with van der Waals surface area (Å²) >= 11 is 1.93. The first kappa shape index (κ1) is 11.6. The van der Waals surface area contributed by atoms with Crippen LogP contribution in [0.15, 0.2) is 24.3 Å². The van der Waals surface area contributed by atoms with E-state index in [2.05, 4.69) is 50.4 Å². The molecule has 1 heterocycles. The fourth-order valence-corrected chi connectivity index (χ4v) is 3.45. The molecule has 0 spiro atoms. The average Bonchev–Trinajstić information content (AvgIpc) is 2.64. The van der Waals surface area contributed by atoms with Crippen LogP contribution in [0.1, 0.15) is 37.1 Å². The van der Waals surface area contributed by atoms with Crippen molar-refractivity contribution in [1.29, 1.82) is 0 Å². The van der Waals surface area contributed by atoms with Gasteiger partial charge in [-0.15, -0.1) is 11.3 Å². The van der Waals surface area contributed by atoms with Gasteiger partial charge >= 0.3 is 0 Å². The van der Waals surface area contributed by atoms with Crippen LogP contribution >= 0.6 is 11.3 Å². The zero-order valence-electron chi connectivity index (χ0n) is 10.2. The van der Waals surface area contributed by atoms with Crippen molar-refractivity contribution in [2.45, 2.75) is 33.2 Å². The summed E-state index contributed by atoms with van der Waals surface area (Å²) < 4.78 is 1.42. The van der Waals surface area contributed by atoms with Crippen LogP contribution in [0.4, 0.5) is 0 Å². The normalized spacial score (nSPS) is 11.5. The number of fused-ring (bicyclic) bond motifs is 1. The Labute approximate surface area is 101 Å². The lowest BCUT2D eigenvalue weighted by atomic mass is 9.99. The van der Waals surface area contributed by atoms with Gasteiger partial charge in [-0.2, -0.15) is 0 Å². The van der Waals surface area contributed by atoms with Crippen LogP contribution in [0.3, 0.4) is 0 Å². The van der Waals surface area contributed by atoms with Crippen molar-refractivity contribution in [2.75, 3.05) is 6.54 Å². The Morgan fingerprint density at radius 3 is 2.69 bits per heavy atom. The summed E-state index contributed by atoms with van der Waals surface area (Å²) in [5.41, 5.74) is 1.53. The zero-order valence-corrected chi connectivity index (χ0v) is 11.0. The standard InChI is InChI=1S/C14H19NS/c1-4-15-9-13-14(10(2)3)11-7-5-6-8-12(11)16-13/h5-8,10,15H,4,9H2,1-3H3. The molecule has 0 radical (unpaired) electrons. The number of benzene rings is 1. The van der Waals surface area contributed by atoms with E-state index in [1.165, 1.54) is 20.5 Å². The van der Waals surface area contributed by atoms with Crippen molar-refractivity contribution in [2.24, 2.45) is 0 Å². The molecule has 0 bridgehead atoms. The predicted octanol–water partition coefficient (Wildman–Crippen LogP) is 4.13. The zero-order chi connectivity index (χ0) is 11.5. The van der Waals surface area contributed by atoms with Gasteiger partial charge in [0.05, 0.1) is 0 Å². The van der Waals surface area contributed by atoms with Gasteiger partial charge in [0, 0.05) is 16.1 Å². The third-order valence-corrected chi connectivity index (χ3v) is 4.01. The molecule has 86 valence electrons. The molecule has 16 heavy (non-hydrogen) atoms. The van der Waals surface area contributed by atoms with Crippen molar-refractivity contribution >= 4 is 21.4 Å². The molecule has 1 nitrogen and oxygen atoms in total. The fraction of sp³-hybridized carbons (Fsp3) is 0.429. The van der Waals surface area contributed by atoms with Gasteiger partial charge in [-0.3, -0.25) is 0 Å². The van der Waals surface area contributed by atoms with Crippen LogP contribution in [0.5, 0.6) is 0 Å². The van der Waals surface area contributed by atoms with Crippen LogP contribution in [0, 0.1) is 0 Å². The molecule has 0 fully saturated rings. The molecule has 0 aliphatic rings. The van der Waals surface area contributed by atoms with Crippen LogP contribution in [-0.4, -0.2) is 6.54 Å². The minimum Gasteiger partial charge on any atom is -0.312 e. The molecular formula is C14H19NS. The monoisotopic (exact) mass is 233 g/mol. The highest BCUT2D eigenvalue weighted by atomic mass is 32.1. The summed E-state index contributed by atoms with van der Waals surface area (Å²) in [4.78, 5) is 1.50. The van der Waals surface area contributed by atoms with Crippen molar-refractivity contribution in [3.05, 3.63) is 34.7 Å². The molecule has 0 atom stereocenters. The van der Waals surface area contributed by atoms with Gasteiger partial charge in [0.25, 0.3) is 0 Å². The second-order valence-electron chi connectivity index (χ2n) is 4.37. The molecule has 1 aromatic carbocycles. The topological polar surface area (TPSA) is 12.0 Å². The number of thiophene rings is 1. The van der Waals surface area contributed by atoms with Crippen molar-refractivity contribution < 1.29 is 0 Å². The maximum Gasteiger partial charge on any atom is 0.0349 e. The van der Waals surface area contributed by atoms with Gasteiger partial charge in [0.15, 0.2) is 0 Å². The summed E-state index contributed by atoms with van der Waals surface area (Å²) in [6, 6.07) is 8.73. The SMILES string of the molecule is CCNCc1sc2ccccc2c1C(C)C. The van der Waals surface area contributed by atoms with Crippen molar-refractivity contribution in [1.82, 2.24) is 5.32 Å². The van der Waals surface area contributed by atoms with E-state index in [1.807, 2.05) is 11.3 Å². The van der Waals surface area contributed by atoms with Gasteiger partial charge in [-0.05, 0) is 29.5 Å². The second kappa shape index (κ2) is 4.98. The molecule has 1 aromatic heterocycles. The lowest BCUT2D eigenvalue weighted by Crippen LogP contribution is -2.12. The highest BCUT2D eigenvalue weighted by molar-refractivity contribution is 7.19. The fourth-order valence-electron chi connectivity index (χ4n) is 2.12. The van der Waals surface area contributed by atoms with Crippen LogP contribution in [0.2, 0.25) is 0 Å². The maximum absolute atomic E-state index is 3.43. The first-order valence-corrected chi connectivity index (χ1v) is 6.76. The Morgan fingerprint density at radius 1 is 1.25 bits per heavy atom. The molecular weight excluding hydrogens is 214 g/mol. The van der Waals surface area contributed by atoms with Crippen LogP contribution in [0.25, 0.3) is 10.1 Å². The number of rotatable bonds is 4. The molecule has 0 amide bonds. The van der Waals surface area contributed by atoms with Crippen molar-refractivity contribution in [3.63, 3.8) is 0 Å². The Kier molecular flexibility index (Phi) is 3.62. The van der Waals surface area contributed by atoms with E-state index >= 15 is 0 Å². The van der Waals surface area contributed by atoms with E-state index in [0.717, 1.165) is 13.1 Å². The average molecular weight is 233 g/mol. The van der Waals surface area contributed by atoms with Crippen molar-refractivity contribution in [3.8, 4) is 0 Å². The van der Waals surface area contributed by atoms with E-state index in [1.54, 1.807) is 0 Å². The first-order chi connectivity index (χ1) is 7.74. The summed E-state index contributed by atoms with van der Waals surface area (Å²) in [5, 5.41) is 4.87. The van der Waals surface area contributed by atoms with E-state index < -0.39 is 0 Å². The summed E-state index contributed by atoms with van der Waals surface area (Å²) in [5.74, 6) is 0.602. The van der Waals surface area contributed by atoms with E-state index in [9.17, 15) is 0 Å². The lowest BCUT2D eigenvalue weighted by molar-refractivity contribution is 0.723. The third-order valence-electron chi connectivity index (χ3n) is 2.82. The molecule has 1 N–H and O–H groups in total. The van der Waals surface area contributed by atoms with Crippen LogP contribution < -0.4 is 5.32 Å². The molecule has 0 saturated carbocycles. The predicted molar refractivity (Wildman–Crippen MR) is 73.3 cm³/mol. The summed E-state index contributed by atoms with van der Waals surface area (Å²) in [6.45, 7) is 8.76. The quantitative estimate of drug-likeness (QED) is 0.837. The van der Waals surface area contributed by atoms with Crippen LogP contribution in [-0.2, 0) is 6.54 Å². The van der Waals surface area contributed by atoms with E-state index in [4.69, 9.17) is 0 Å². The number of nitrogens with one attached hydrogen (secondary N) is 1. The number of hydrogen-bond acceptors (Lipinski definition) is 2. The second-order valence-corrected chi connectivity index (χ2v) is 5.51. The van der Waals surface area contributed by atoms with Gasteiger partial charge < -0.3 is 5.32 Å². The van der Waals surface area contributed by atoms with Gasteiger partial charge in [-0.25, -0.2) is 0 Å². The Bertz CT molecular complexity index is 471. The van der Waals surface area contributed by atoms with Gasteiger partial charge in [0.1, 0.15) is 0 Å². The minimum atomic E-state index is 0.602. The highest BCUT2D eigenvalue weighted by Gasteiger charge is 2.13. The summed E-state index contributed by atoms with van der Waals surface area (Å²) in [6.07, 6.45) is 0. The largest absolute Gasteiger partial charge is 0.312 e.